The van der Waals surface area contributed by atoms with Crippen LogP contribution in [0.2, 0.25) is 0 Å². The second kappa shape index (κ2) is 13.0. The van der Waals surface area contributed by atoms with E-state index in [9.17, 15) is 0 Å². The number of hydrogen-bond donors (Lipinski definition) is 0. The van der Waals surface area contributed by atoms with Crippen LogP contribution in [0.25, 0.3) is 100 Å². The fraction of sp³-hybridized carbons (Fsp3) is 0. The summed E-state index contributed by atoms with van der Waals surface area (Å²) in [5, 5.41) is 4.60. The molecular weight excluding hydrogens is 683 g/mol. The van der Waals surface area contributed by atoms with Crippen molar-refractivity contribution in [3.05, 3.63) is 200 Å². The van der Waals surface area contributed by atoms with Crippen LogP contribution in [0.5, 0.6) is 0 Å². The molecule has 0 atom stereocenters. The van der Waals surface area contributed by atoms with E-state index in [1.807, 2.05) is 36.4 Å². The lowest BCUT2D eigenvalue weighted by atomic mass is 9.95. The molecule has 0 spiro atoms. The minimum atomic E-state index is 0.565. The van der Waals surface area contributed by atoms with Crippen LogP contribution in [0.3, 0.4) is 0 Å². The highest BCUT2D eigenvalue weighted by atomic mass is 15.2. The summed E-state index contributed by atoms with van der Waals surface area (Å²) in [6, 6.07) is 70.4. The first-order chi connectivity index (χ1) is 27.8. The van der Waals surface area contributed by atoms with Gasteiger partial charge in [-0.1, -0.05) is 170 Å². The topological polar surface area (TPSA) is 48.5 Å². The third-order valence-electron chi connectivity index (χ3n) is 10.8. The monoisotopic (exact) mass is 715 g/mol. The number of rotatable bonds is 6. The maximum Gasteiger partial charge on any atom is 0.238 e. The lowest BCUT2D eigenvalue weighted by Crippen LogP contribution is -2.07. The Bertz CT molecular complexity index is 3150. The predicted molar refractivity (Wildman–Crippen MR) is 230 cm³/mol. The molecule has 0 N–H and O–H groups in total. The molecule has 0 saturated carbocycles. The summed E-state index contributed by atoms with van der Waals surface area (Å²) in [7, 11) is 0. The molecule has 0 fully saturated rings. The molecule has 0 radical (unpaired) electrons. The van der Waals surface area contributed by atoms with Crippen molar-refractivity contribution in [2.24, 2.45) is 0 Å². The first-order valence-corrected chi connectivity index (χ1v) is 18.9. The zero-order valence-corrected chi connectivity index (χ0v) is 30.3. The van der Waals surface area contributed by atoms with Crippen LogP contribution in [0.1, 0.15) is 0 Å². The number of nitrogens with zero attached hydrogens (tertiary/aromatic N) is 5. The van der Waals surface area contributed by atoms with E-state index in [2.05, 4.69) is 173 Å². The molecule has 0 bridgehead atoms. The van der Waals surface area contributed by atoms with Gasteiger partial charge < -0.3 is 4.57 Å². The van der Waals surface area contributed by atoms with Gasteiger partial charge >= 0.3 is 0 Å². The van der Waals surface area contributed by atoms with Gasteiger partial charge in [0.25, 0.3) is 0 Å². The molecule has 11 rings (SSSR count). The molecule has 3 heterocycles. The molecule has 0 aliphatic carbocycles. The Morgan fingerprint density at radius 2 is 0.786 bits per heavy atom. The van der Waals surface area contributed by atoms with Gasteiger partial charge in [0, 0.05) is 38.4 Å². The van der Waals surface area contributed by atoms with Crippen molar-refractivity contribution in [3.8, 4) is 56.7 Å². The van der Waals surface area contributed by atoms with E-state index < -0.39 is 0 Å². The highest BCUT2D eigenvalue weighted by Crippen LogP contribution is 2.46. The number of para-hydroxylation sites is 3. The smallest absolute Gasteiger partial charge is 0.238 e. The van der Waals surface area contributed by atoms with Gasteiger partial charge in [-0.05, 0) is 52.6 Å². The minimum absolute atomic E-state index is 0.565. The largest absolute Gasteiger partial charge is 0.307 e. The zero-order chi connectivity index (χ0) is 37.0. The van der Waals surface area contributed by atoms with Gasteiger partial charge in [0.1, 0.15) is 0 Å². The van der Waals surface area contributed by atoms with E-state index in [-0.39, 0.29) is 0 Å². The molecule has 0 amide bonds. The van der Waals surface area contributed by atoms with E-state index in [4.69, 9.17) is 15.0 Å². The normalized spacial score (nSPS) is 11.6. The zero-order valence-electron chi connectivity index (χ0n) is 30.3. The molecule has 5 nitrogen and oxygen atoms in total. The third kappa shape index (κ3) is 5.13. The first kappa shape index (κ1) is 31.9. The van der Waals surface area contributed by atoms with Gasteiger partial charge in [0.05, 0.1) is 22.1 Å². The average Bonchev–Trinajstić information content (AvgIpc) is 3.81. The van der Waals surface area contributed by atoms with Crippen LogP contribution in [-0.2, 0) is 0 Å². The van der Waals surface area contributed by atoms with E-state index in [1.54, 1.807) is 0 Å². The lowest BCUT2D eigenvalue weighted by molar-refractivity contribution is 0.953. The van der Waals surface area contributed by atoms with Crippen molar-refractivity contribution in [2.75, 3.05) is 0 Å². The highest BCUT2D eigenvalue weighted by molar-refractivity contribution is 6.28. The number of hydrogen-bond acceptors (Lipinski definition) is 3. The molecule has 56 heavy (non-hydrogen) atoms. The van der Waals surface area contributed by atoms with E-state index in [1.165, 1.54) is 27.5 Å². The molecule has 8 aromatic carbocycles. The Morgan fingerprint density at radius 1 is 0.321 bits per heavy atom. The van der Waals surface area contributed by atoms with Crippen molar-refractivity contribution in [1.82, 2.24) is 24.1 Å². The first-order valence-electron chi connectivity index (χ1n) is 18.9. The van der Waals surface area contributed by atoms with Crippen LogP contribution < -0.4 is 0 Å². The van der Waals surface area contributed by atoms with Gasteiger partial charge in [-0.15, -0.1) is 0 Å². The molecule has 262 valence electrons. The van der Waals surface area contributed by atoms with Crippen molar-refractivity contribution in [2.45, 2.75) is 0 Å². The van der Waals surface area contributed by atoms with Crippen LogP contribution >= 0.6 is 0 Å². The van der Waals surface area contributed by atoms with Crippen LogP contribution in [0, 0.1) is 0 Å². The Kier molecular flexibility index (Phi) is 7.42. The number of fused-ring (bicyclic) bond motifs is 7. The second-order valence-corrected chi connectivity index (χ2v) is 14.0. The van der Waals surface area contributed by atoms with Gasteiger partial charge in [-0.25, -0.2) is 4.98 Å². The Labute approximate surface area is 323 Å². The molecule has 0 aliphatic rings. The Morgan fingerprint density at radius 3 is 1.39 bits per heavy atom. The van der Waals surface area contributed by atoms with Gasteiger partial charge in [0.15, 0.2) is 11.6 Å². The standard InChI is InChI=1S/C51H33N5/c1-5-17-34(18-6-1)35-29-31-36(32-30-35)42-33-43-40-25-13-15-27-44(40)56(47(43)48-46(42)41-26-14-16-28-45(41)55(48)39-23-11-4-12-24-39)51-53-49(37-19-7-2-8-20-37)52-50(54-51)38-21-9-3-10-22-38/h1-33H. The summed E-state index contributed by atoms with van der Waals surface area (Å²) in [6.45, 7) is 0. The molecular formula is C51H33N5. The fourth-order valence-electron chi connectivity index (χ4n) is 8.25. The van der Waals surface area contributed by atoms with Gasteiger partial charge in [-0.3, -0.25) is 4.57 Å². The maximum absolute atomic E-state index is 5.29. The summed E-state index contributed by atoms with van der Waals surface area (Å²) >= 11 is 0. The van der Waals surface area contributed by atoms with E-state index in [0.717, 1.165) is 55.2 Å². The van der Waals surface area contributed by atoms with Crippen LogP contribution in [0.4, 0.5) is 0 Å². The van der Waals surface area contributed by atoms with Crippen LogP contribution in [-0.4, -0.2) is 24.1 Å². The van der Waals surface area contributed by atoms with Gasteiger partial charge in [-0.2, -0.15) is 9.97 Å². The summed E-state index contributed by atoms with van der Waals surface area (Å²) < 4.78 is 4.68. The molecule has 3 aromatic heterocycles. The van der Waals surface area contributed by atoms with E-state index >= 15 is 0 Å². The molecule has 0 unspecified atom stereocenters. The molecule has 5 heteroatoms. The fourth-order valence-corrected chi connectivity index (χ4v) is 8.25. The number of benzene rings is 8. The van der Waals surface area contributed by atoms with Crippen molar-refractivity contribution in [3.63, 3.8) is 0 Å². The highest BCUT2D eigenvalue weighted by Gasteiger charge is 2.26. The van der Waals surface area contributed by atoms with Crippen molar-refractivity contribution < 1.29 is 0 Å². The van der Waals surface area contributed by atoms with Gasteiger partial charge in [0.2, 0.25) is 5.95 Å². The van der Waals surface area contributed by atoms with E-state index in [0.29, 0.717) is 17.6 Å². The lowest BCUT2D eigenvalue weighted by Gasteiger charge is -2.14. The third-order valence-corrected chi connectivity index (χ3v) is 10.8. The number of aromatic nitrogens is 5. The average molecular weight is 716 g/mol. The summed E-state index contributed by atoms with van der Waals surface area (Å²) in [4.78, 5) is 15.6. The quantitative estimate of drug-likeness (QED) is 0.172. The maximum atomic E-state index is 5.29. The minimum Gasteiger partial charge on any atom is -0.307 e. The second-order valence-electron chi connectivity index (χ2n) is 14.0. The Hall–Kier alpha value is -7.63. The van der Waals surface area contributed by atoms with Crippen molar-refractivity contribution in [1.29, 1.82) is 0 Å². The summed E-state index contributed by atoms with van der Waals surface area (Å²) in [6.07, 6.45) is 0. The van der Waals surface area contributed by atoms with Crippen molar-refractivity contribution >= 4 is 43.6 Å². The van der Waals surface area contributed by atoms with Crippen LogP contribution in [0.15, 0.2) is 200 Å². The summed E-state index contributed by atoms with van der Waals surface area (Å²) in [5.41, 5.74) is 11.9. The molecule has 11 aromatic rings. The molecule has 0 aliphatic heterocycles. The summed E-state index contributed by atoms with van der Waals surface area (Å²) in [5.74, 6) is 1.81. The predicted octanol–water partition coefficient (Wildman–Crippen LogP) is 12.7. The Balaban J connectivity index is 1.30. The molecule has 0 saturated heterocycles. The SMILES string of the molecule is c1ccc(-c2ccc(-c3cc4c5ccccc5n(-c5nc(-c6ccccc6)nc(-c6ccccc6)n5)c4c4c3c3ccccc3n4-c3ccccc3)cc2)cc1.